The molecule has 1 fully saturated rings. The van der Waals surface area contributed by atoms with Crippen molar-refractivity contribution >= 4 is 19.9 Å². The minimum Gasteiger partial charge on any atom is -0.395 e. The fourth-order valence-corrected chi connectivity index (χ4v) is 6.10. The standard InChI is InChI=1S/C13H16N2O6S2/c14-7-10-2-1-3-11(6-10)23(20,21)15(4-5-16)12-8-22(18,19)9-13(12)17/h1-3,6,12-13,16-17H,4-5,8-9H2/t12-,13+/m0/s1. The Balaban J connectivity index is 2.46. The average molecular weight is 360 g/mol. The summed E-state index contributed by atoms with van der Waals surface area (Å²) in [4.78, 5) is -0.193. The molecule has 0 saturated carbocycles. The van der Waals surface area contributed by atoms with Gasteiger partial charge in [-0.15, -0.1) is 0 Å². The minimum absolute atomic E-state index is 0.134. The molecule has 1 saturated heterocycles. The molecule has 2 atom stereocenters. The van der Waals surface area contributed by atoms with E-state index in [4.69, 9.17) is 10.4 Å². The molecule has 10 heteroatoms. The molecule has 2 N–H and O–H groups in total. The van der Waals surface area contributed by atoms with Crippen molar-refractivity contribution in [2.24, 2.45) is 0 Å². The third-order valence-electron chi connectivity index (χ3n) is 3.55. The van der Waals surface area contributed by atoms with Crippen molar-refractivity contribution in [3.05, 3.63) is 29.8 Å². The van der Waals surface area contributed by atoms with Crippen molar-refractivity contribution in [1.82, 2.24) is 4.31 Å². The van der Waals surface area contributed by atoms with Crippen molar-refractivity contribution in [3.63, 3.8) is 0 Å². The number of sulfonamides is 1. The summed E-state index contributed by atoms with van der Waals surface area (Å²) in [6.07, 6.45) is -1.36. The second-order valence-electron chi connectivity index (χ2n) is 5.19. The predicted octanol–water partition coefficient (Wildman–Crippen LogP) is -1.30. The van der Waals surface area contributed by atoms with E-state index in [1.54, 1.807) is 0 Å². The van der Waals surface area contributed by atoms with Gasteiger partial charge in [-0.05, 0) is 18.2 Å². The van der Waals surface area contributed by atoms with Gasteiger partial charge in [-0.1, -0.05) is 6.07 Å². The summed E-state index contributed by atoms with van der Waals surface area (Å²) in [5.41, 5.74) is 0.134. The van der Waals surface area contributed by atoms with Crippen molar-refractivity contribution in [3.8, 4) is 6.07 Å². The summed E-state index contributed by atoms with van der Waals surface area (Å²) in [5, 5.41) is 27.9. The number of rotatable bonds is 5. The van der Waals surface area contributed by atoms with Crippen molar-refractivity contribution in [2.45, 2.75) is 17.0 Å². The van der Waals surface area contributed by atoms with Crippen LogP contribution >= 0.6 is 0 Å². The smallest absolute Gasteiger partial charge is 0.243 e. The normalized spacial score (nSPS) is 23.7. The van der Waals surface area contributed by atoms with Gasteiger partial charge in [-0.2, -0.15) is 9.57 Å². The third-order valence-corrected chi connectivity index (χ3v) is 7.17. The summed E-state index contributed by atoms with van der Waals surface area (Å²) in [6, 6.07) is 5.92. The number of hydrogen-bond acceptors (Lipinski definition) is 7. The SMILES string of the molecule is N#Cc1cccc(S(=O)(=O)N(CCO)[C@H]2CS(=O)(=O)C[C@H]2O)c1. The molecule has 1 aromatic rings. The Labute approximate surface area is 134 Å². The summed E-state index contributed by atoms with van der Waals surface area (Å²) in [7, 11) is -7.72. The van der Waals surface area contributed by atoms with Crippen molar-refractivity contribution < 1.29 is 27.0 Å². The molecule has 0 aromatic heterocycles. The highest BCUT2D eigenvalue weighted by Gasteiger charge is 2.44. The molecule has 0 amide bonds. The van der Waals surface area contributed by atoms with E-state index in [0.717, 1.165) is 10.4 Å². The van der Waals surface area contributed by atoms with Gasteiger partial charge in [0.1, 0.15) is 0 Å². The van der Waals surface area contributed by atoms with E-state index in [0.29, 0.717) is 0 Å². The Hall–Kier alpha value is -1.51. The second kappa shape index (κ2) is 6.54. The first-order chi connectivity index (χ1) is 10.7. The first-order valence-corrected chi connectivity index (χ1v) is 9.99. The predicted molar refractivity (Wildman–Crippen MR) is 80.6 cm³/mol. The molecule has 0 bridgehead atoms. The first-order valence-electron chi connectivity index (χ1n) is 6.72. The Morgan fingerprint density at radius 2 is 2.04 bits per heavy atom. The quantitative estimate of drug-likeness (QED) is 0.666. The van der Waals surface area contributed by atoms with Crippen molar-refractivity contribution in [2.75, 3.05) is 24.7 Å². The zero-order chi connectivity index (χ0) is 17.3. The molecular weight excluding hydrogens is 344 g/mol. The molecule has 0 spiro atoms. The zero-order valence-electron chi connectivity index (χ0n) is 12.0. The summed E-state index contributed by atoms with van der Waals surface area (Å²) >= 11 is 0. The Kier molecular flexibility index (Phi) is 5.07. The topological polar surface area (TPSA) is 136 Å². The van der Waals surface area contributed by atoms with Gasteiger partial charge in [0.2, 0.25) is 10.0 Å². The number of sulfone groups is 1. The van der Waals surface area contributed by atoms with Gasteiger partial charge >= 0.3 is 0 Å². The summed E-state index contributed by atoms with van der Waals surface area (Å²) < 4.78 is 49.5. The van der Waals surface area contributed by atoms with Gasteiger partial charge in [0.15, 0.2) is 9.84 Å². The fraction of sp³-hybridized carbons (Fsp3) is 0.462. The number of aliphatic hydroxyl groups is 2. The molecule has 0 aliphatic carbocycles. The first kappa shape index (κ1) is 17.8. The van der Waals surface area contributed by atoms with Gasteiger partial charge in [-0.3, -0.25) is 0 Å². The average Bonchev–Trinajstić information content (AvgIpc) is 2.77. The van der Waals surface area contributed by atoms with Crippen LogP contribution < -0.4 is 0 Å². The largest absolute Gasteiger partial charge is 0.395 e. The highest BCUT2D eigenvalue weighted by Crippen LogP contribution is 2.25. The van der Waals surface area contributed by atoms with Crippen molar-refractivity contribution in [1.29, 1.82) is 5.26 Å². The van der Waals surface area contributed by atoms with E-state index < -0.39 is 50.1 Å². The lowest BCUT2D eigenvalue weighted by atomic mass is 10.2. The molecule has 1 heterocycles. The van der Waals surface area contributed by atoms with Crippen LogP contribution in [0.3, 0.4) is 0 Å². The van der Waals surface area contributed by atoms with Crippen LogP contribution in [-0.4, -0.2) is 68.2 Å². The Bertz CT molecular complexity index is 828. The lowest BCUT2D eigenvalue weighted by Gasteiger charge is -2.28. The second-order valence-corrected chi connectivity index (χ2v) is 9.23. The molecule has 2 rings (SSSR count). The van der Waals surface area contributed by atoms with Gasteiger partial charge in [0.05, 0.1) is 46.8 Å². The minimum atomic E-state index is -4.16. The molecule has 8 nitrogen and oxygen atoms in total. The van der Waals surface area contributed by atoms with Crippen LogP contribution in [0.15, 0.2) is 29.2 Å². The zero-order valence-corrected chi connectivity index (χ0v) is 13.7. The van der Waals surface area contributed by atoms with E-state index >= 15 is 0 Å². The number of aliphatic hydroxyl groups excluding tert-OH is 2. The molecule has 0 radical (unpaired) electrons. The molecule has 1 aliphatic heterocycles. The highest BCUT2D eigenvalue weighted by molar-refractivity contribution is 7.92. The molecule has 1 aliphatic rings. The van der Waals surface area contributed by atoms with Gasteiger partial charge in [0.25, 0.3) is 0 Å². The molecular formula is C13H16N2O6S2. The highest BCUT2D eigenvalue weighted by atomic mass is 32.2. The van der Waals surface area contributed by atoms with E-state index in [9.17, 15) is 21.9 Å². The monoisotopic (exact) mass is 360 g/mol. The third kappa shape index (κ3) is 3.70. The summed E-state index contributed by atoms with van der Waals surface area (Å²) in [6.45, 7) is -0.878. The maximum Gasteiger partial charge on any atom is 0.243 e. The van der Waals surface area contributed by atoms with Crippen LogP contribution in [0.5, 0.6) is 0 Å². The van der Waals surface area contributed by atoms with E-state index in [2.05, 4.69) is 0 Å². The van der Waals surface area contributed by atoms with Crippen LogP contribution in [0.1, 0.15) is 5.56 Å². The number of hydrogen-bond donors (Lipinski definition) is 2. The Morgan fingerprint density at radius 3 is 2.57 bits per heavy atom. The molecule has 1 aromatic carbocycles. The van der Waals surface area contributed by atoms with Gasteiger partial charge in [-0.25, -0.2) is 16.8 Å². The van der Waals surface area contributed by atoms with Crippen LogP contribution in [0.2, 0.25) is 0 Å². The summed E-state index contributed by atoms with van der Waals surface area (Å²) in [5.74, 6) is -1.03. The van der Waals surface area contributed by atoms with E-state index in [1.165, 1.54) is 18.2 Å². The molecule has 0 unspecified atom stereocenters. The number of benzene rings is 1. The fourth-order valence-electron chi connectivity index (χ4n) is 2.51. The van der Waals surface area contributed by atoms with Crippen LogP contribution in [0.4, 0.5) is 0 Å². The molecule has 23 heavy (non-hydrogen) atoms. The number of nitrogens with zero attached hydrogens (tertiary/aromatic N) is 2. The van der Waals surface area contributed by atoms with Crippen LogP contribution in [0, 0.1) is 11.3 Å². The van der Waals surface area contributed by atoms with Gasteiger partial charge < -0.3 is 10.2 Å². The van der Waals surface area contributed by atoms with Crippen LogP contribution in [0.25, 0.3) is 0 Å². The lowest BCUT2D eigenvalue weighted by Crippen LogP contribution is -2.47. The van der Waals surface area contributed by atoms with E-state index in [1.807, 2.05) is 6.07 Å². The lowest BCUT2D eigenvalue weighted by molar-refractivity contribution is 0.117. The molecule has 126 valence electrons. The maximum atomic E-state index is 12.7. The number of nitriles is 1. The maximum absolute atomic E-state index is 12.7. The van der Waals surface area contributed by atoms with E-state index in [-0.39, 0.29) is 17.0 Å². The van der Waals surface area contributed by atoms with Crippen LogP contribution in [-0.2, 0) is 19.9 Å². The van der Waals surface area contributed by atoms with Gasteiger partial charge in [0, 0.05) is 6.54 Å². The Morgan fingerprint density at radius 1 is 1.35 bits per heavy atom.